The highest BCUT2D eigenvalue weighted by atomic mass is 31.2. The smallest absolute Gasteiger partial charge is 0.462 e. The molecular weight excluding hydrogens is 1050 g/mol. The van der Waals surface area contributed by atoms with Crippen molar-refractivity contribution in [3.8, 4) is 0 Å². The van der Waals surface area contributed by atoms with Gasteiger partial charge >= 0.3 is 39.5 Å². The molecule has 3 N–H and O–H groups in total. The summed E-state index contributed by atoms with van der Waals surface area (Å²) in [4.78, 5) is 71.8. The predicted octanol–water partition coefficient (Wildman–Crippen LogP) is 16.1. The molecule has 0 amide bonds. The van der Waals surface area contributed by atoms with Crippen LogP contribution in [0, 0.1) is 11.8 Å². The van der Waals surface area contributed by atoms with Crippen molar-refractivity contribution in [3.05, 3.63) is 0 Å². The molecule has 0 aliphatic heterocycles. The maximum atomic E-state index is 12.9. The third kappa shape index (κ3) is 53.8. The van der Waals surface area contributed by atoms with Crippen LogP contribution in [0.25, 0.3) is 0 Å². The SMILES string of the molecule is CCCCCCCCCCCCC(=O)O[C@H](COC(=O)CCCCCCC)COP(=O)(O)OC[C@H](O)COP(=O)(O)OC[C@@H](COC(=O)CCCCCCCCCCC(C)CC)OC(=O)CCCCCCCCCCCC(C)C. The first-order chi connectivity index (χ1) is 37.9. The highest BCUT2D eigenvalue weighted by Crippen LogP contribution is 2.45. The van der Waals surface area contributed by atoms with Crippen LogP contribution in [0.5, 0.6) is 0 Å². The minimum atomic E-state index is -4.94. The van der Waals surface area contributed by atoms with E-state index in [1.807, 2.05) is 0 Å². The van der Waals surface area contributed by atoms with Crippen LogP contribution < -0.4 is 0 Å². The zero-order valence-corrected chi connectivity index (χ0v) is 52.4. The van der Waals surface area contributed by atoms with Crippen molar-refractivity contribution < 1.29 is 80.2 Å². The van der Waals surface area contributed by atoms with Gasteiger partial charge in [0.1, 0.15) is 19.3 Å². The van der Waals surface area contributed by atoms with E-state index in [9.17, 15) is 43.2 Å². The largest absolute Gasteiger partial charge is 0.472 e. The van der Waals surface area contributed by atoms with Crippen molar-refractivity contribution in [1.82, 2.24) is 0 Å². The van der Waals surface area contributed by atoms with E-state index >= 15 is 0 Å². The lowest BCUT2D eigenvalue weighted by Crippen LogP contribution is -2.30. The third-order valence-corrected chi connectivity index (χ3v) is 16.0. The lowest BCUT2D eigenvalue weighted by molar-refractivity contribution is -0.161. The van der Waals surface area contributed by atoms with Gasteiger partial charge in [-0.05, 0) is 37.5 Å². The van der Waals surface area contributed by atoms with Gasteiger partial charge in [0.15, 0.2) is 12.2 Å². The average Bonchev–Trinajstić information content (AvgIpc) is 3.41. The molecule has 0 rings (SSSR count). The number of phosphoric acid groups is 2. The fourth-order valence-corrected chi connectivity index (χ4v) is 10.4. The van der Waals surface area contributed by atoms with E-state index in [0.29, 0.717) is 25.7 Å². The highest BCUT2D eigenvalue weighted by molar-refractivity contribution is 7.47. The number of phosphoric ester groups is 2. The standard InChI is InChI=1S/C60H116O17P2/c1-7-10-12-14-15-16-19-26-32-38-44-59(64)76-55(48-70-57(62)42-36-28-13-11-8-2)50-74-78(66,67)72-46-54(61)47-73-79(68,69)75-51-56(77-60(65)45-39-33-27-20-17-18-23-29-34-40-52(4)5)49-71-58(63)43-37-31-25-22-21-24-30-35-41-53(6)9-3/h52-56,61H,7-51H2,1-6H3,(H,66,67)(H,68,69)/t53?,54-,55+,56+/m0/s1. The molecule has 19 heteroatoms. The fraction of sp³-hybridized carbons (Fsp3) is 0.933. The number of aliphatic hydroxyl groups excluding tert-OH is 1. The first-order valence-corrected chi connectivity index (χ1v) is 34.5. The summed E-state index contributed by atoms with van der Waals surface area (Å²) in [5, 5.41) is 10.5. The van der Waals surface area contributed by atoms with Gasteiger partial charge in [0, 0.05) is 25.7 Å². The fourth-order valence-electron chi connectivity index (χ4n) is 8.79. The van der Waals surface area contributed by atoms with Crippen molar-refractivity contribution in [2.75, 3.05) is 39.6 Å². The lowest BCUT2D eigenvalue weighted by Gasteiger charge is -2.21. The Balaban J connectivity index is 5.19. The average molecular weight is 1170 g/mol. The molecular formula is C60H116O17P2. The Bertz CT molecular complexity index is 1570. The minimum Gasteiger partial charge on any atom is -0.462 e. The van der Waals surface area contributed by atoms with Gasteiger partial charge in [-0.2, -0.15) is 0 Å². The molecule has 0 aromatic rings. The van der Waals surface area contributed by atoms with Crippen molar-refractivity contribution in [2.45, 2.75) is 310 Å². The summed E-state index contributed by atoms with van der Waals surface area (Å²) in [7, 11) is -9.87. The summed E-state index contributed by atoms with van der Waals surface area (Å²) in [6.45, 7) is 9.34. The number of esters is 4. The molecule has 3 unspecified atom stereocenters. The van der Waals surface area contributed by atoms with Crippen LogP contribution >= 0.6 is 15.6 Å². The van der Waals surface area contributed by atoms with Crippen molar-refractivity contribution in [3.63, 3.8) is 0 Å². The Hall–Kier alpha value is -1.94. The Morgan fingerprint density at radius 2 is 0.646 bits per heavy atom. The molecule has 0 aromatic carbocycles. The van der Waals surface area contributed by atoms with Crippen LogP contribution in [0.4, 0.5) is 0 Å². The first kappa shape index (κ1) is 77.1. The quantitative estimate of drug-likeness (QED) is 0.0222. The number of hydrogen-bond acceptors (Lipinski definition) is 15. The first-order valence-electron chi connectivity index (χ1n) is 31.5. The van der Waals surface area contributed by atoms with Crippen LogP contribution in [0.2, 0.25) is 0 Å². The van der Waals surface area contributed by atoms with E-state index < -0.39 is 97.5 Å². The molecule has 0 saturated heterocycles. The Kier molecular flexibility index (Phi) is 51.5. The topological polar surface area (TPSA) is 237 Å². The molecule has 0 aliphatic carbocycles. The minimum absolute atomic E-state index is 0.105. The maximum absolute atomic E-state index is 12.9. The number of aliphatic hydroxyl groups is 1. The van der Waals surface area contributed by atoms with E-state index in [2.05, 4.69) is 41.5 Å². The Morgan fingerprint density at radius 3 is 0.962 bits per heavy atom. The number of rotatable bonds is 59. The Morgan fingerprint density at radius 1 is 0.367 bits per heavy atom. The van der Waals surface area contributed by atoms with Crippen LogP contribution in [0.15, 0.2) is 0 Å². The van der Waals surface area contributed by atoms with Crippen molar-refractivity contribution in [1.29, 1.82) is 0 Å². The summed E-state index contributed by atoms with van der Waals surface area (Å²) < 4.78 is 67.6. The molecule has 79 heavy (non-hydrogen) atoms. The molecule has 0 fully saturated rings. The van der Waals surface area contributed by atoms with Crippen LogP contribution in [0.1, 0.15) is 292 Å². The van der Waals surface area contributed by atoms with Gasteiger partial charge in [0.05, 0.1) is 26.4 Å². The maximum Gasteiger partial charge on any atom is 0.472 e. The van der Waals surface area contributed by atoms with E-state index in [1.54, 1.807) is 0 Å². The number of carbonyl (C=O) groups is 4. The van der Waals surface area contributed by atoms with E-state index in [-0.39, 0.29) is 25.7 Å². The van der Waals surface area contributed by atoms with Gasteiger partial charge in [-0.3, -0.25) is 37.3 Å². The van der Waals surface area contributed by atoms with Crippen molar-refractivity contribution in [2.24, 2.45) is 11.8 Å². The van der Waals surface area contributed by atoms with Crippen LogP contribution in [0.3, 0.4) is 0 Å². The van der Waals surface area contributed by atoms with Gasteiger partial charge in [0.2, 0.25) is 0 Å². The number of unbranched alkanes of at least 4 members (excludes halogenated alkanes) is 28. The second kappa shape index (κ2) is 52.8. The van der Waals surface area contributed by atoms with E-state index in [4.69, 9.17) is 37.0 Å². The summed E-state index contributed by atoms with van der Waals surface area (Å²) in [5.74, 6) is -0.637. The Labute approximate surface area is 479 Å². The number of hydrogen-bond donors (Lipinski definition) is 3. The monoisotopic (exact) mass is 1170 g/mol. The van der Waals surface area contributed by atoms with Crippen LogP contribution in [-0.2, 0) is 65.4 Å². The molecule has 0 aromatic heterocycles. The number of ether oxygens (including phenoxy) is 4. The molecule has 0 bridgehead atoms. The summed E-state index contributed by atoms with van der Waals surface area (Å²) in [6.07, 6.45) is 33.7. The highest BCUT2D eigenvalue weighted by Gasteiger charge is 2.30. The lowest BCUT2D eigenvalue weighted by atomic mass is 9.99. The van der Waals surface area contributed by atoms with Crippen LogP contribution in [-0.4, -0.2) is 96.7 Å². The van der Waals surface area contributed by atoms with Crippen molar-refractivity contribution >= 4 is 39.5 Å². The summed E-state index contributed by atoms with van der Waals surface area (Å²) in [6, 6.07) is 0. The zero-order valence-electron chi connectivity index (χ0n) is 50.7. The normalized spacial score (nSPS) is 14.8. The zero-order chi connectivity index (χ0) is 58.7. The molecule has 0 heterocycles. The predicted molar refractivity (Wildman–Crippen MR) is 312 cm³/mol. The molecule has 17 nitrogen and oxygen atoms in total. The summed E-state index contributed by atoms with van der Waals surface area (Å²) >= 11 is 0. The molecule has 0 saturated carbocycles. The van der Waals surface area contributed by atoms with Gasteiger partial charge < -0.3 is 33.8 Å². The van der Waals surface area contributed by atoms with Gasteiger partial charge in [-0.25, -0.2) is 9.13 Å². The molecule has 468 valence electrons. The second-order valence-electron chi connectivity index (χ2n) is 22.5. The van der Waals surface area contributed by atoms with Gasteiger partial charge in [0.25, 0.3) is 0 Å². The van der Waals surface area contributed by atoms with E-state index in [1.165, 1.54) is 103 Å². The third-order valence-electron chi connectivity index (χ3n) is 14.1. The number of carbonyl (C=O) groups excluding carboxylic acids is 4. The van der Waals surface area contributed by atoms with Gasteiger partial charge in [-0.1, -0.05) is 241 Å². The molecule has 0 radical (unpaired) electrons. The van der Waals surface area contributed by atoms with Gasteiger partial charge in [-0.15, -0.1) is 0 Å². The molecule has 6 atom stereocenters. The van der Waals surface area contributed by atoms with E-state index in [0.717, 1.165) is 108 Å². The molecule has 0 spiro atoms. The molecule has 0 aliphatic rings. The summed E-state index contributed by atoms with van der Waals surface area (Å²) in [5.41, 5.74) is 0. The second-order valence-corrected chi connectivity index (χ2v) is 25.4.